The van der Waals surface area contributed by atoms with E-state index in [4.69, 9.17) is 0 Å². The standard InChI is InChI=1S/C16H14N4O3S2/c1-2-19-15(14-4-3-9-24-14)17-18-16(19)25-10-13(21)11-5-7-12(8-6-11)20(22)23/h3-9H,2,10H2,1H3. The normalized spacial score (nSPS) is 10.8. The van der Waals surface area contributed by atoms with Crippen molar-refractivity contribution in [2.45, 2.75) is 18.6 Å². The van der Waals surface area contributed by atoms with E-state index >= 15 is 0 Å². The van der Waals surface area contributed by atoms with Crippen LogP contribution in [0.2, 0.25) is 0 Å². The van der Waals surface area contributed by atoms with Crippen LogP contribution in [0.25, 0.3) is 10.7 Å². The molecule has 0 unspecified atom stereocenters. The van der Waals surface area contributed by atoms with Gasteiger partial charge in [-0.3, -0.25) is 14.9 Å². The Labute approximate surface area is 151 Å². The largest absolute Gasteiger partial charge is 0.302 e. The van der Waals surface area contributed by atoms with E-state index in [-0.39, 0.29) is 17.2 Å². The summed E-state index contributed by atoms with van der Waals surface area (Å²) in [7, 11) is 0. The minimum atomic E-state index is -0.487. The van der Waals surface area contributed by atoms with Gasteiger partial charge in [0.2, 0.25) is 0 Å². The van der Waals surface area contributed by atoms with Gasteiger partial charge in [-0.2, -0.15) is 0 Å². The molecule has 0 aliphatic carbocycles. The van der Waals surface area contributed by atoms with E-state index in [1.165, 1.54) is 36.0 Å². The lowest BCUT2D eigenvalue weighted by Gasteiger charge is -2.06. The second-order valence-electron chi connectivity index (χ2n) is 5.04. The number of Topliss-reactive ketones (excluding diaryl/α,β-unsaturated/α-hetero) is 1. The number of thiophene rings is 1. The van der Waals surface area contributed by atoms with Crippen LogP contribution in [0, 0.1) is 10.1 Å². The fourth-order valence-corrected chi connectivity index (χ4v) is 3.87. The molecule has 0 bridgehead atoms. The molecule has 0 fully saturated rings. The molecule has 0 spiro atoms. The van der Waals surface area contributed by atoms with Gasteiger partial charge in [0, 0.05) is 24.2 Å². The molecule has 9 heteroatoms. The molecule has 25 heavy (non-hydrogen) atoms. The van der Waals surface area contributed by atoms with E-state index in [1.807, 2.05) is 29.0 Å². The first-order chi connectivity index (χ1) is 12.1. The van der Waals surface area contributed by atoms with Crippen molar-refractivity contribution < 1.29 is 9.72 Å². The lowest BCUT2D eigenvalue weighted by molar-refractivity contribution is -0.384. The monoisotopic (exact) mass is 374 g/mol. The molecule has 0 amide bonds. The molecule has 0 aliphatic rings. The topological polar surface area (TPSA) is 90.9 Å². The van der Waals surface area contributed by atoms with Gasteiger partial charge in [-0.1, -0.05) is 17.8 Å². The zero-order valence-electron chi connectivity index (χ0n) is 13.3. The van der Waals surface area contributed by atoms with Gasteiger partial charge in [0.25, 0.3) is 5.69 Å². The van der Waals surface area contributed by atoms with Crippen molar-refractivity contribution in [1.82, 2.24) is 14.8 Å². The third-order valence-electron chi connectivity index (χ3n) is 3.51. The van der Waals surface area contributed by atoms with Crippen molar-refractivity contribution in [3.8, 4) is 10.7 Å². The second kappa shape index (κ2) is 7.58. The Morgan fingerprint density at radius 1 is 1.28 bits per heavy atom. The summed E-state index contributed by atoms with van der Waals surface area (Å²) in [5.41, 5.74) is 0.412. The van der Waals surface area contributed by atoms with Gasteiger partial charge >= 0.3 is 0 Å². The number of hydrogen-bond donors (Lipinski definition) is 0. The van der Waals surface area contributed by atoms with E-state index in [0.717, 1.165) is 10.7 Å². The smallest absolute Gasteiger partial charge is 0.269 e. The molecule has 128 valence electrons. The van der Waals surface area contributed by atoms with Crippen molar-refractivity contribution in [1.29, 1.82) is 0 Å². The van der Waals surface area contributed by atoms with Crippen molar-refractivity contribution in [2.24, 2.45) is 0 Å². The van der Waals surface area contributed by atoms with Gasteiger partial charge in [-0.05, 0) is 30.5 Å². The Morgan fingerprint density at radius 3 is 2.64 bits per heavy atom. The van der Waals surface area contributed by atoms with Gasteiger partial charge in [0.1, 0.15) is 0 Å². The number of hydrogen-bond acceptors (Lipinski definition) is 7. The van der Waals surface area contributed by atoms with Crippen LogP contribution in [-0.2, 0) is 6.54 Å². The van der Waals surface area contributed by atoms with Gasteiger partial charge in [-0.15, -0.1) is 21.5 Å². The summed E-state index contributed by atoms with van der Waals surface area (Å²) in [6.07, 6.45) is 0. The number of rotatable bonds is 7. The van der Waals surface area contributed by atoms with Crippen molar-refractivity contribution in [3.63, 3.8) is 0 Å². The summed E-state index contributed by atoms with van der Waals surface area (Å²) in [5.74, 6) is 0.881. The fourth-order valence-electron chi connectivity index (χ4n) is 2.25. The minimum absolute atomic E-state index is 0.0319. The number of carbonyl (C=O) groups excluding carboxylic acids is 1. The Balaban J connectivity index is 1.71. The number of nitrogens with zero attached hydrogens (tertiary/aromatic N) is 4. The first kappa shape index (κ1) is 17.3. The first-order valence-electron chi connectivity index (χ1n) is 7.47. The molecule has 0 aliphatic heterocycles. The Hall–Kier alpha value is -2.52. The van der Waals surface area contributed by atoms with Crippen LogP contribution in [0.5, 0.6) is 0 Å². The van der Waals surface area contributed by atoms with E-state index in [1.54, 1.807) is 11.3 Å². The molecular weight excluding hydrogens is 360 g/mol. The van der Waals surface area contributed by atoms with Crippen molar-refractivity contribution >= 4 is 34.6 Å². The Morgan fingerprint density at radius 2 is 2.04 bits per heavy atom. The van der Waals surface area contributed by atoms with Gasteiger partial charge in [0.15, 0.2) is 16.8 Å². The fraction of sp³-hybridized carbons (Fsp3) is 0.188. The predicted molar refractivity (Wildman–Crippen MR) is 97.2 cm³/mol. The lowest BCUT2D eigenvalue weighted by Crippen LogP contribution is -2.05. The molecule has 0 radical (unpaired) electrons. The first-order valence-corrected chi connectivity index (χ1v) is 9.34. The quantitative estimate of drug-likeness (QED) is 0.269. The number of carbonyl (C=O) groups is 1. The van der Waals surface area contributed by atoms with Gasteiger partial charge in [-0.25, -0.2) is 0 Å². The molecular formula is C16H14N4O3S2. The number of aromatic nitrogens is 3. The maximum absolute atomic E-state index is 12.3. The molecule has 0 atom stereocenters. The number of thioether (sulfide) groups is 1. The highest BCUT2D eigenvalue weighted by Crippen LogP contribution is 2.27. The highest BCUT2D eigenvalue weighted by molar-refractivity contribution is 7.99. The van der Waals surface area contributed by atoms with Crippen LogP contribution in [0.15, 0.2) is 46.9 Å². The minimum Gasteiger partial charge on any atom is -0.302 e. The number of benzene rings is 1. The van der Waals surface area contributed by atoms with Crippen LogP contribution in [0.3, 0.4) is 0 Å². The van der Waals surface area contributed by atoms with Crippen LogP contribution in [0.1, 0.15) is 17.3 Å². The lowest BCUT2D eigenvalue weighted by atomic mass is 10.1. The zero-order valence-corrected chi connectivity index (χ0v) is 14.9. The van der Waals surface area contributed by atoms with E-state index in [9.17, 15) is 14.9 Å². The molecule has 0 N–H and O–H groups in total. The third-order valence-corrected chi connectivity index (χ3v) is 5.34. The highest BCUT2D eigenvalue weighted by Gasteiger charge is 2.16. The molecule has 2 aromatic heterocycles. The molecule has 3 aromatic rings. The van der Waals surface area contributed by atoms with Gasteiger partial charge in [0.05, 0.1) is 15.6 Å². The zero-order chi connectivity index (χ0) is 17.8. The third kappa shape index (κ3) is 3.77. The molecule has 0 saturated heterocycles. The SMILES string of the molecule is CCn1c(SCC(=O)c2ccc([N+](=O)[O-])cc2)nnc1-c1cccs1. The number of non-ortho nitro benzene ring substituents is 1. The Bertz CT molecular complexity index is 889. The summed E-state index contributed by atoms with van der Waals surface area (Å²) < 4.78 is 1.97. The number of nitro benzene ring substituents is 1. The molecule has 7 nitrogen and oxygen atoms in total. The number of ketones is 1. The van der Waals surface area contributed by atoms with Crippen LogP contribution >= 0.6 is 23.1 Å². The average molecular weight is 374 g/mol. The predicted octanol–water partition coefficient (Wildman–Crippen LogP) is 3.91. The van der Waals surface area contributed by atoms with Gasteiger partial charge < -0.3 is 4.57 Å². The van der Waals surface area contributed by atoms with Crippen LogP contribution in [-0.4, -0.2) is 31.2 Å². The van der Waals surface area contributed by atoms with Crippen LogP contribution < -0.4 is 0 Å². The maximum atomic E-state index is 12.3. The molecule has 3 rings (SSSR count). The highest BCUT2D eigenvalue weighted by atomic mass is 32.2. The molecule has 2 heterocycles. The van der Waals surface area contributed by atoms with Crippen LogP contribution in [0.4, 0.5) is 5.69 Å². The second-order valence-corrected chi connectivity index (χ2v) is 6.93. The summed E-state index contributed by atoms with van der Waals surface area (Å²) in [6, 6.07) is 9.56. The molecule has 0 saturated carbocycles. The maximum Gasteiger partial charge on any atom is 0.269 e. The summed E-state index contributed by atoms with van der Waals surface area (Å²) >= 11 is 2.90. The summed E-state index contributed by atoms with van der Waals surface area (Å²) in [4.78, 5) is 23.5. The molecule has 1 aromatic carbocycles. The van der Waals surface area contributed by atoms with E-state index < -0.39 is 4.92 Å². The summed E-state index contributed by atoms with van der Waals surface area (Å²) in [5, 5.41) is 21.7. The summed E-state index contributed by atoms with van der Waals surface area (Å²) in [6.45, 7) is 2.71. The van der Waals surface area contributed by atoms with E-state index in [2.05, 4.69) is 10.2 Å². The Kier molecular flexibility index (Phi) is 5.25. The van der Waals surface area contributed by atoms with Crippen molar-refractivity contribution in [3.05, 3.63) is 57.5 Å². The number of nitro groups is 1. The van der Waals surface area contributed by atoms with Crippen molar-refractivity contribution in [2.75, 3.05) is 5.75 Å². The van der Waals surface area contributed by atoms with E-state index in [0.29, 0.717) is 17.3 Å². The average Bonchev–Trinajstić information content (AvgIpc) is 3.28.